The van der Waals surface area contributed by atoms with E-state index in [1.54, 1.807) is 7.05 Å². The second-order valence-corrected chi connectivity index (χ2v) is 5.69. The van der Waals surface area contributed by atoms with Gasteiger partial charge >= 0.3 is 0 Å². The number of nitrogens with zero attached hydrogens (tertiary/aromatic N) is 1. The number of hydrogen-bond acceptors (Lipinski definition) is 5. The number of likely N-dealkylation sites (N-methyl/N-ethyl adjacent to an activating group) is 1. The maximum absolute atomic E-state index is 12.3. The lowest BCUT2D eigenvalue weighted by Gasteiger charge is -2.18. The second kappa shape index (κ2) is 6.69. The number of benzene rings is 1. The zero-order valence-electron chi connectivity index (χ0n) is 11.6. The zero-order valence-corrected chi connectivity index (χ0v) is 12.4. The summed E-state index contributed by atoms with van der Waals surface area (Å²) in [6.07, 6.45) is 0. The van der Waals surface area contributed by atoms with E-state index < -0.39 is 10.0 Å². The van der Waals surface area contributed by atoms with Gasteiger partial charge in [0.2, 0.25) is 10.0 Å². The van der Waals surface area contributed by atoms with Gasteiger partial charge in [-0.1, -0.05) is 0 Å². The van der Waals surface area contributed by atoms with E-state index in [0.717, 1.165) is 0 Å². The molecule has 0 aromatic heterocycles. The normalized spacial score (nSPS) is 11.2. The highest BCUT2D eigenvalue weighted by molar-refractivity contribution is 7.89. The number of carbonyl (C=O) groups excluding carboxylic acids is 1. The van der Waals surface area contributed by atoms with E-state index in [0.29, 0.717) is 13.2 Å². The molecule has 1 amide bonds. The number of hydrogen-bond donors (Lipinski definition) is 1. The van der Waals surface area contributed by atoms with Crippen molar-refractivity contribution in [1.82, 2.24) is 4.90 Å². The molecular weight excluding hydrogens is 284 g/mol. The lowest BCUT2D eigenvalue weighted by Crippen LogP contribution is -2.30. The van der Waals surface area contributed by atoms with Crippen molar-refractivity contribution in [2.75, 3.05) is 34.4 Å². The molecule has 1 aromatic rings. The summed E-state index contributed by atoms with van der Waals surface area (Å²) in [6.45, 7) is 0.748. The molecule has 0 heterocycles. The summed E-state index contributed by atoms with van der Waals surface area (Å²) in [5, 5.41) is 5.06. The SMILES string of the molecule is COCCN(C)C(=O)c1cc(S(N)(=O)=O)ccc1OC. The Hall–Kier alpha value is -1.64. The van der Waals surface area contributed by atoms with Gasteiger partial charge in [0.1, 0.15) is 5.75 Å². The average molecular weight is 302 g/mol. The maximum atomic E-state index is 12.3. The van der Waals surface area contributed by atoms with Crippen molar-refractivity contribution in [2.24, 2.45) is 5.14 Å². The number of amides is 1. The van der Waals surface area contributed by atoms with Gasteiger partial charge in [0.25, 0.3) is 5.91 Å². The van der Waals surface area contributed by atoms with Crippen molar-refractivity contribution < 1.29 is 22.7 Å². The molecule has 7 nitrogen and oxygen atoms in total. The molecule has 0 spiro atoms. The fraction of sp³-hybridized carbons (Fsp3) is 0.417. The zero-order chi connectivity index (χ0) is 15.3. The number of rotatable bonds is 6. The minimum Gasteiger partial charge on any atom is -0.496 e. The third kappa shape index (κ3) is 3.92. The molecule has 0 saturated carbocycles. The maximum Gasteiger partial charge on any atom is 0.257 e. The van der Waals surface area contributed by atoms with Gasteiger partial charge in [-0.25, -0.2) is 13.6 Å². The van der Waals surface area contributed by atoms with Crippen LogP contribution in [0.15, 0.2) is 23.1 Å². The number of methoxy groups -OCH3 is 2. The van der Waals surface area contributed by atoms with Crippen LogP contribution in [0.3, 0.4) is 0 Å². The van der Waals surface area contributed by atoms with Crippen molar-refractivity contribution in [2.45, 2.75) is 4.90 Å². The topological polar surface area (TPSA) is 98.9 Å². The number of carbonyl (C=O) groups is 1. The van der Waals surface area contributed by atoms with Crippen LogP contribution in [0.5, 0.6) is 5.75 Å². The van der Waals surface area contributed by atoms with Crippen LogP contribution in [0.25, 0.3) is 0 Å². The molecule has 112 valence electrons. The summed E-state index contributed by atoms with van der Waals surface area (Å²) in [6, 6.07) is 3.90. The number of primary sulfonamides is 1. The molecule has 20 heavy (non-hydrogen) atoms. The summed E-state index contributed by atoms with van der Waals surface area (Å²) in [7, 11) is 0.639. The Labute approximate surface area is 118 Å². The predicted octanol–water partition coefficient (Wildman–Crippen LogP) is 0.0610. The number of sulfonamides is 1. The Morgan fingerprint density at radius 1 is 1.35 bits per heavy atom. The van der Waals surface area contributed by atoms with Crippen molar-refractivity contribution in [3.8, 4) is 5.75 Å². The molecule has 0 saturated heterocycles. The minimum absolute atomic E-state index is 0.137. The van der Waals surface area contributed by atoms with Crippen LogP contribution in [0.1, 0.15) is 10.4 Å². The van der Waals surface area contributed by atoms with Gasteiger partial charge in [0.15, 0.2) is 0 Å². The second-order valence-electron chi connectivity index (χ2n) is 4.13. The first-order valence-corrected chi connectivity index (χ1v) is 7.31. The van der Waals surface area contributed by atoms with Gasteiger partial charge < -0.3 is 14.4 Å². The van der Waals surface area contributed by atoms with Gasteiger partial charge in [0, 0.05) is 20.7 Å². The highest BCUT2D eigenvalue weighted by atomic mass is 32.2. The highest BCUT2D eigenvalue weighted by Gasteiger charge is 2.19. The Morgan fingerprint density at radius 3 is 2.50 bits per heavy atom. The first-order valence-electron chi connectivity index (χ1n) is 5.76. The van der Waals surface area contributed by atoms with E-state index in [1.165, 1.54) is 37.3 Å². The largest absolute Gasteiger partial charge is 0.496 e. The monoisotopic (exact) mass is 302 g/mol. The molecule has 0 unspecified atom stereocenters. The van der Waals surface area contributed by atoms with Crippen LogP contribution in [0.4, 0.5) is 0 Å². The molecule has 0 aliphatic rings. The van der Waals surface area contributed by atoms with Crippen LogP contribution in [0, 0.1) is 0 Å². The molecular formula is C12H18N2O5S. The summed E-state index contributed by atoms with van der Waals surface area (Å²) in [5.74, 6) is -0.0870. The smallest absolute Gasteiger partial charge is 0.257 e. The van der Waals surface area contributed by atoms with Crippen LogP contribution < -0.4 is 9.88 Å². The Kier molecular flexibility index (Phi) is 5.49. The molecule has 0 aliphatic heterocycles. The van der Waals surface area contributed by atoms with Crippen molar-refractivity contribution >= 4 is 15.9 Å². The van der Waals surface area contributed by atoms with Crippen LogP contribution in [-0.2, 0) is 14.8 Å². The van der Waals surface area contributed by atoms with E-state index in [-0.39, 0.29) is 22.1 Å². The summed E-state index contributed by atoms with van der Waals surface area (Å²) in [4.78, 5) is 13.5. The third-order valence-corrected chi connectivity index (χ3v) is 3.62. The van der Waals surface area contributed by atoms with Gasteiger partial charge in [0.05, 0.1) is 24.2 Å². The first kappa shape index (κ1) is 16.4. The summed E-state index contributed by atoms with van der Waals surface area (Å²) < 4.78 is 32.6. The molecule has 0 aliphatic carbocycles. The molecule has 1 aromatic carbocycles. The van der Waals surface area contributed by atoms with Gasteiger partial charge in [-0.05, 0) is 18.2 Å². The van der Waals surface area contributed by atoms with Gasteiger partial charge in [-0.3, -0.25) is 4.79 Å². The molecule has 2 N–H and O–H groups in total. The van der Waals surface area contributed by atoms with E-state index in [1.807, 2.05) is 0 Å². The Balaban J connectivity index is 3.17. The van der Waals surface area contributed by atoms with E-state index >= 15 is 0 Å². The van der Waals surface area contributed by atoms with Crippen LogP contribution in [0.2, 0.25) is 0 Å². The molecule has 1 rings (SSSR count). The minimum atomic E-state index is -3.88. The van der Waals surface area contributed by atoms with Gasteiger partial charge in [-0.15, -0.1) is 0 Å². The lowest BCUT2D eigenvalue weighted by atomic mass is 10.1. The van der Waals surface area contributed by atoms with E-state index in [2.05, 4.69) is 0 Å². The van der Waals surface area contributed by atoms with E-state index in [9.17, 15) is 13.2 Å². The molecule has 0 atom stereocenters. The van der Waals surface area contributed by atoms with Gasteiger partial charge in [-0.2, -0.15) is 0 Å². The molecule has 8 heteroatoms. The summed E-state index contributed by atoms with van der Waals surface area (Å²) >= 11 is 0. The predicted molar refractivity (Wildman–Crippen MR) is 73.2 cm³/mol. The van der Waals surface area contributed by atoms with Crippen molar-refractivity contribution in [1.29, 1.82) is 0 Å². The Morgan fingerprint density at radius 2 is 2.00 bits per heavy atom. The first-order chi connectivity index (χ1) is 9.31. The molecule has 0 bridgehead atoms. The molecule has 0 fully saturated rings. The van der Waals surface area contributed by atoms with Crippen molar-refractivity contribution in [3.05, 3.63) is 23.8 Å². The number of nitrogens with two attached hydrogens (primary N) is 1. The van der Waals surface area contributed by atoms with Crippen LogP contribution >= 0.6 is 0 Å². The standard InChI is InChI=1S/C12H18N2O5S/c1-14(6-7-18-2)12(15)10-8-9(20(13,16)17)4-5-11(10)19-3/h4-5,8H,6-7H2,1-3H3,(H2,13,16,17). The van der Waals surface area contributed by atoms with Crippen molar-refractivity contribution in [3.63, 3.8) is 0 Å². The third-order valence-electron chi connectivity index (χ3n) is 2.71. The fourth-order valence-electron chi connectivity index (χ4n) is 1.57. The average Bonchev–Trinajstić information content (AvgIpc) is 2.42. The molecule has 0 radical (unpaired) electrons. The highest BCUT2D eigenvalue weighted by Crippen LogP contribution is 2.23. The summed E-state index contributed by atoms with van der Waals surface area (Å²) in [5.41, 5.74) is 0.137. The van der Waals surface area contributed by atoms with Crippen LogP contribution in [-0.4, -0.2) is 53.6 Å². The number of ether oxygens (including phenoxy) is 2. The van der Waals surface area contributed by atoms with E-state index in [4.69, 9.17) is 14.6 Å². The quantitative estimate of drug-likeness (QED) is 0.801. The Bertz CT molecular complexity index is 586. The fourth-order valence-corrected chi connectivity index (χ4v) is 2.11. The lowest BCUT2D eigenvalue weighted by molar-refractivity contribution is 0.0740.